The monoisotopic (exact) mass is 749 g/mol. The minimum absolute atomic E-state index is 0.0477. The summed E-state index contributed by atoms with van der Waals surface area (Å²) in [6.07, 6.45) is 28.7. The summed E-state index contributed by atoms with van der Waals surface area (Å²) in [7, 11) is -5.12. The Hall–Kier alpha value is -1.13. The minimum Gasteiger partial charge on any atom is -0.451 e. The number of aliphatic hydroxyl groups excluding tert-OH is 3. The van der Waals surface area contributed by atoms with Crippen LogP contribution in [0.3, 0.4) is 0 Å². The summed E-state index contributed by atoms with van der Waals surface area (Å²) in [4.78, 5) is 45.5. The number of hydrogen-bond acceptors (Lipinski definition) is 8. The molecule has 0 radical (unpaired) electrons. The van der Waals surface area contributed by atoms with Gasteiger partial charge < -0.3 is 34.6 Å². The number of ether oxygens (including phenoxy) is 2. The van der Waals surface area contributed by atoms with Crippen LogP contribution in [-0.4, -0.2) is 74.2 Å². The molecule has 0 aromatic rings. The highest BCUT2D eigenvalue weighted by Crippen LogP contribution is 2.44. The maximum Gasteiger partial charge on any atom is 0.356 e. The molecule has 0 heterocycles. The topological polar surface area (TPSA) is 171 Å². The van der Waals surface area contributed by atoms with Crippen molar-refractivity contribution in [3.05, 3.63) is 12.2 Å². The Balaban J connectivity index is 4.73. The predicted molar refractivity (Wildman–Crippen MR) is 206 cm³/mol. The number of esters is 1. The van der Waals surface area contributed by atoms with Crippen molar-refractivity contribution in [3.8, 4) is 0 Å². The van der Waals surface area contributed by atoms with Crippen molar-refractivity contribution in [3.63, 3.8) is 0 Å². The highest BCUT2D eigenvalue weighted by Gasteiger charge is 2.42. The first-order valence-electron chi connectivity index (χ1n) is 20.6. The lowest BCUT2D eigenvalue weighted by atomic mass is 10.0. The fraction of sp³-hybridized carbons (Fsp3) is 0.900. The zero-order valence-corrected chi connectivity index (χ0v) is 33.3. The summed E-state index contributed by atoms with van der Waals surface area (Å²) >= 11 is 0. The summed E-state index contributed by atoms with van der Waals surface area (Å²) < 4.78 is 22.8. The van der Waals surface area contributed by atoms with Crippen LogP contribution in [0.5, 0.6) is 0 Å². The van der Waals surface area contributed by atoms with Crippen LogP contribution in [0.25, 0.3) is 0 Å². The third-order valence-corrected chi connectivity index (χ3v) is 10.6. The summed E-state index contributed by atoms with van der Waals surface area (Å²) in [5.41, 5.74) is 0. The standard InChI is InChI=1S/C40H77O10P/c1-3-5-7-9-11-13-15-17-18-20-22-24-26-28-30-32-38(45)50-39(37(34-42)49-40(36(44)33-41)51(46,47)48)35(43)31-29-27-25-23-21-19-16-14-12-10-8-6-4-2/h17-18,36-37,39-42,44H,3-16,19-34H2,1-2H3,(H2,46,47,48)/b18-17-/t36?,37-,39?,40?/m0/s1. The van der Waals surface area contributed by atoms with Crippen LogP contribution in [0.15, 0.2) is 12.2 Å². The lowest BCUT2D eigenvalue weighted by Crippen LogP contribution is -2.46. The molecule has 10 nitrogen and oxygen atoms in total. The first-order valence-corrected chi connectivity index (χ1v) is 22.3. The quantitative estimate of drug-likeness (QED) is 0.0177. The second-order valence-electron chi connectivity index (χ2n) is 14.3. The van der Waals surface area contributed by atoms with Gasteiger partial charge in [0.05, 0.1) is 13.2 Å². The molecule has 3 unspecified atom stereocenters. The van der Waals surface area contributed by atoms with E-state index in [1.807, 2.05) is 0 Å². The van der Waals surface area contributed by atoms with Gasteiger partial charge in [-0.05, 0) is 38.5 Å². The maximum absolute atomic E-state index is 13.3. The summed E-state index contributed by atoms with van der Waals surface area (Å²) in [6, 6.07) is 0. The van der Waals surface area contributed by atoms with E-state index in [0.29, 0.717) is 12.8 Å². The molecule has 4 atom stereocenters. The van der Waals surface area contributed by atoms with E-state index < -0.39 is 56.7 Å². The van der Waals surface area contributed by atoms with Crippen LogP contribution in [0, 0.1) is 0 Å². The molecule has 0 fully saturated rings. The van der Waals surface area contributed by atoms with Crippen LogP contribution in [0.1, 0.15) is 194 Å². The third kappa shape index (κ3) is 29.0. The van der Waals surface area contributed by atoms with Crippen molar-refractivity contribution in [1.82, 2.24) is 0 Å². The third-order valence-electron chi connectivity index (χ3n) is 9.42. The van der Waals surface area contributed by atoms with Gasteiger partial charge in [-0.3, -0.25) is 14.2 Å². The van der Waals surface area contributed by atoms with Crippen LogP contribution in [-0.2, 0) is 23.6 Å². The number of unbranched alkanes of at least 4 members (excludes halogenated alkanes) is 23. The van der Waals surface area contributed by atoms with E-state index in [-0.39, 0.29) is 12.8 Å². The average Bonchev–Trinajstić information content (AvgIpc) is 3.10. The molecule has 51 heavy (non-hydrogen) atoms. The number of carbonyl (C=O) groups is 2. The molecule has 302 valence electrons. The number of rotatable bonds is 38. The van der Waals surface area contributed by atoms with Crippen LogP contribution in [0.4, 0.5) is 0 Å². The molecule has 0 saturated heterocycles. The number of carbonyl (C=O) groups excluding carboxylic acids is 2. The first-order chi connectivity index (χ1) is 24.6. The van der Waals surface area contributed by atoms with Gasteiger partial charge in [0.15, 0.2) is 17.7 Å². The number of allylic oxidation sites excluding steroid dienone is 2. The molecular formula is C40H77O10P. The van der Waals surface area contributed by atoms with Crippen molar-refractivity contribution in [2.24, 2.45) is 0 Å². The molecule has 0 aliphatic carbocycles. The van der Waals surface area contributed by atoms with Gasteiger partial charge in [-0.15, -0.1) is 0 Å². The molecule has 0 aromatic heterocycles. The molecule has 0 spiro atoms. The van der Waals surface area contributed by atoms with Gasteiger partial charge in [0.1, 0.15) is 12.2 Å². The molecule has 11 heteroatoms. The Kier molecular flexibility index (Phi) is 33.9. The number of hydrogen-bond donors (Lipinski definition) is 5. The molecule has 0 rings (SSSR count). The first kappa shape index (κ1) is 49.9. The van der Waals surface area contributed by atoms with Gasteiger partial charge in [-0.1, -0.05) is 154 Å². The van der Waals surface area contributed by atoms with Gasteiger partial charge in [-0.2, -0.15) is 0 Å². The zero-order chi connectivity index (χ0) is 38.0. The van der Waals surface area contributed by atoms with Crippen molar-refractivity contribution in [2.45, 2.75) is 218 Å². The largest absolute Gasteiger partial charge is 0.451 e. The Labute approximate surface area is 310 Å². The number of ketones is 1. The Morgan fingerprint density at radius 1 is 0.588 bits per heavy atom. The maximum atomic E-state index is 13.3. The van der Waals surface area contributed by atoms with Gasteiger partial charge in [0.2, 0.25) is 0 Å². The van der Waals surface area contributed by atoms with Crippen molar-refractivity contribution >= 4 is 19.3 Å². The average molecular weight is 749 g/mol. The van der Waals surface area contributed by atoms with Gasteiger partial charge >= 0.3 is 13.6 Å². The van der Waals surface area contributed by atoms with Gasteiger partial charge in [0, 0.05) is 12.8 Å². The van der Waals surface area contributed by atoms with E-state index in [2.05, 4.69) is 26.0 Å². The van der Waals surface area contributed by atoms with Gasteiger partial charge in [0.25, 0.3) is 0 Å². The molecule has 0 aliphatic rings. The normalized spacial score (nSPS) is 14.5. The smallest absolute Gasteiger partial charge is 0.356 e. The van der Waals surface area contributed by atoms with Crippen molar-refractivity contribution < 1.29 is 48.7 Å². The second-order valence-corrected chi connectivity index (χ2v) is 16.0. The molecular weight excluding hydrogens is 671 g/mol. The highest BCUT2D eigenvalue weighted by molar-refractivity contribution is 7.52. The molecule has 0 aliphatic heterocycles. The SMILES string of the molecule is CCCCCCCC/C=C\CCCCCCCC(=O)OC(C(=O)CCCCCCCCCCCCCCC)[C@H](CO)OC(C(O)CO)P(=O)(O)O. The summed E-state index contributed by atoms with van der Waals surface area (Å²) in [5.74, 6) is -3.37. The summed E-state index contributed by atoms with van der Waals surface area (Å²) in [6.45, 7) is 2.56. The Morgan fingerprint density at radius 2 is 0.980 bits per heavy atom. The van der Waals surface area contributed by atoms with Crippen molar-refractivity contribution in [2.75, 3.05) is 13.2 Å². The van der Waals surface area contributed by atoms with Crippen LogP contribution in [0.2, 0.25) is 0 Å². The van der Waals surface area contributed by atoms with Gasteiger partial charge in [-0.25, -0.2) is 0 Å². The van der Waals surface area contributed by atoms with E-state index in [1.54, 1.807) is 0 Å². The Morgan fingerprint density at radius 3 is 1.37 bits per heavy atom. The van der Waals surface area contributed by atoms with E-state index in [0.717, 1.165) is 64.2 Å². The minimum atomic E-state index is -5.12. The van der Waals surface area contributed by atoms with E-state index >= 15 is 0 Å². The van der Waals surface area contributed by atoms with E-state index in [4.69, 9.17) is 9.47 Å². The second kappa shape index (κ2) is 34.6. The lowest BCUT2D eigenvalue weighted by Gasteiger charge is -2.30. The molecule has 0 bridgehead atoms. The molecule has 5 N–H and O–H groups in total. The molecule has 0 amide bonds. The highest BCUT2D eigenvalue weighted by atomic mass is 31.2. The van der Waals surface area contributed by atoms with Crippen LogP contribution >= 0.6 is 7.60 Å². The number of aliphatic hydroxyl groups is 3. The summed E-state index contributed by atoms with van der Waals surface area (Å²) in [5, 5.41) is 29.4. The molecule has 0 aromatic carbocycles. The number of Topliss-reactive ketones (excluding diaryl/α,β-unsaturated/α-hetero) is 1. The van der Waals surface area contributed by atoms with E-state index in [1.165, 1.54) is 89.9 Å². The molecule has 0 saturated carbocycles. The van der Waals surface area contributed by atoms with Crippen molar-refractivity contribution in [1.29, 1.82) is 0 Å². The fourth-order valence-corrected chi connectivity index (χ4v) is 7.08. The zero-order valence-electron chi connectivity index (χ0n) is 32.4. The fourth-order valence-electron chi connectivity index (χ4n) is 6.22. The Bertz CT molecular complexity index is 892. The van der Waals surface area contributed by atoms with E-state index in [9.17, 15) is 39.3 Å². The lowest BCUT2D eigenvalue weighted by molar-refractivity contribution is -0.173. The predicted octanol–water partition coefficient (Wildman–Crippen LogP) is 9.22. The van der Waals surface area contributed by atoms with Crippen LogP contribution < -0.4 is 0 Å².